The molecule has 0 unspecified atom stereocenters. The second-order valence-electron chi connectivity index (χ2n) is 15.5. The standard InChI is InChI=1S/C62H43N/c1-3-12-44(13-4-1)45-22-24-46(25-23-45)48-30-37-55(38-31-48)63(56-39-32-49(33-40-56)47-26-28-53(29-27-47)59-21-11-18-50-16-7-9-19-58(50)59)57-41-34-54(35-42-57)62-60-20-10-8-17-52(60)36-43-61(62)51-14-5-2-6-15-51/h1-43H/i32D,33D,34D,35D,39D,40D,41D,42D. The number of rotatable bonds is 9. The molecule has 0 atom stereocenters. The Morgan fingerprint density at radius 3 is 1.25 bits per heavy atom. The van der Waals surface area contributed by atoms with Crippen LogP contribution in [0.15, 0.2) is 261 Å². The Bertz CT molecular complexity index is 3760. The van der Waals surface area contributed by atoms with E-state index in [4.69, 9.17) is 0 Å². The molecule has 0 N–H and O–H groups in total. The minimum absolute atomic E-state index is 0.0989. The molecular formula is C62H43N. The average Bonchev–Trinajstić information content (AvgIpc) is 3.42. The lowest BCUT2D eigenvalue weighted by atomic mass is 9.89. The Labute approximate surface area is 380 Å². The average molecular weight is 810 g/mol. The Morgan fingerprint density at radius 1 is 0.238 bits per heavy atom. The molecule has 11 aromatic rings. The van der Waals surface area contributed by atoms with E-state index in [-0.39, 0.29) is 46.7 Å². The van der Waals surface area contributed by atoms with Gasteiger partial charge in [-0.05, 0) is 125 Å². The van der Waals surface area contributed by atoms with Gasteiger partial charge < -0.3 is 4.90 Å². The molecule has 0 fully saturated rings. The Morgan fingerprint density at radius 2 is 0.651 bits per heavy atom. The van der Waals surface area contributed by atoms with Crippen LogP contribution >= 0.6 is 0 Å². The van der Waals surface area contributed by atoms with Gasteiger partial charge >= 0.3 is 0 Å². The maximum Gasteiger partial charge on any atom is 0.0645 e. The lowest BCUT2D eigenvalue weighted by Crippen LogP contribution is -2.09. The van der Waals surface area contributed by atoms with E-state index in [9.17, 15) is 11.0 Å². The van der Waals surface area contributed by atoms with Crippen molar-refractivity contribution >= 4 is 38.6 Å². The summed E-state index contributed by atoms with van der Waals surface area (Å²) in [5.41, 5.74) is 8.64. The van der Waals surface area contributed by atoms with Crippen LogP contribution in [-0.2, 0) is 0 Å². The molecule has 1 heteroatoms. The molecule has 11 rings (SSSR count). The predicted octanol–water partition coefficient (Wildman–Crippen LogP) is 17.5. The summed E-state index contributed by atoms with van der Waals surface area (Å²) >= 11 is 0. The maximum absolute atomic E-state index is 9.82. The molecule has 63 heavy (non-hydrogen) atoms. The molecule has 0 aromatic heterocycles. The van der Waals surface area contributed by atoms with E-state index in [0.29, 0.717) is 16.8 Å². The van der Waals surface area contributed by atoms with Gasteiger partial charge in [0.25, 0.3) is 0 Å². The van der Waals surface area contributed by atoms with Gasteiger partial charge in [-0.25, -0.2) is 0 Å². The van der Waals surface area contributed by atoms with Crippen LogP contribution in [0.25, 0.3) is 88.3 Å². The number of hydrogen-bond donors (Lipinski definition) is 0. The minimum atomic E-state index is -0.404. The zero-order valence-corrected chi connectivity index (χ0v) is 34.2. The van der Waals surface area contributed by atoms with Gasteiger partial charge in [0, 0.05) is 17.1 Å². The zero-order chi connectivity index (χ0) is 48.9. The largest absolute Gasteiger partial charge is 0.311 e. The monoisotopic (exact) mass is 809 g/mol. The summed E-state index contributed by atoms with van der Waals surface area (Å²) in [5, 5.41) is 3.81. The zero-order valence-electron chi connectivity index (χ0n) is 42.2. The molecule has 1 nitrogen and oxygen atoms in total. The van der Waals surface area contributed by atoms with Gasteiger partial charge in [0.2, 0.25) is 0 Å². The normalized spacial score (nSPS) is 13.0. The molecule has 296 valence electrons. The highest BCUT2D eigenvalue weighted by Gasteiger charge is 2.17. The highest BCUT2D eigenvalue weighted by Crippen LogP contribution is 2.42. The SMILES string of the molecule is [2H]c1c([2H])c(N(c2ccc(-c3ccc(-c4ccccc4)cc3)cc2)c2c([2H])c([2H])c(-c3c(-c4ccccc4)ccc4ccccc34)c([2H])c2[2H])c([2H])c([2H])c1-c1ccc(-c2cccc3ccccc23)cc1. The van der Waals surface area contributed by atoms with Gasteiger partial charge in [0.15, 0.2) is 0 Å². The Kier molecular flexibility index (Phi) is 7.90. The fraction of sp³-hybridized carbons (Fsp3) is 0. The molecule has 0 spiro atoms. The van der Waals surface area contributed by atoms with E-state index in [1.165, 1.54) is 4.90 Å². The van der Waals surface area contributed by atoms with Gasteiger partial charge in [-0.3, -0.25) is 0 Å². The molecule has 0 saturated carbocycles. The molecular weight excluding hydrogens is 759 g/mol. The van der Waals surface area contributed by atoms with Crippen LogP contribution in [0.4, 0.5) is 17.1 Å². The summed E-state index contributed by atoms with van der Waals surface area (Å²) in [6, 6.07) is 65.6. The lowest BCUT2D eigenvalue weighted by Gasteiger charge is -2.26. The van der Waals surface area contributed by atoms with Crippen LogP contribution in [0, 0.1) is 0 Å². The molecule has 11 aromatic carbocycles. The highest BCUT2D eigenvalue weighted by molar-refractivity contribution is 6.04. The second kappa shape index (κ2) is 16.7. The van der Waals surface area contributed by atoms with Crippen molar-refractivity contribution in [3.63, 3.8) is 0 Å². The van der Waals surface area contributed by atoms with E-state index < -0.39 is 24.2 Å². The van der Waals surface area contributed by atoms with Crippen LogP contribution in [0.5, 0.6) is 0 Å². The van der Waals surface area contributed by atoms with Crippen molar-refractivity contribution < 1.29 is 11.0 Å². The molecule has 0 aliphatic rings. The van der Waals surface area contributed by atoms with Crippen molar-refractivity contribution in [3.05, 3.63) is 261 Å². The molecule has 0 heterocycles. The van der Waals surface area contributed by atoms with Gasteiger partial charge in [0.1, 0.15) is 0 Å². The predicted molar refractivity (Wildman–Crippen MR) is 269 cm³/mol. The summed E-state index contributed by atoms with van der Waals surface area (Å²) in [6.45, 7) is 0. The topological polar surface area (TPSA) is 3.24 Å². The van der Waals surface area contributed by atoms with Crippen LogP contribution in [0.1, 0.15) is 11.0 Å². The molecule has 0 bridgehead atoms. The first-order valence-corrected chi connectivity index (χ1v) is 21.0. The molecule has 0 amide bonds. The van der Waals surface area contributed by atoms with Crippen molar-refractivity contribution in [1.82, 2.24) is 0 Å². The molecule has 0 aliphatic heterocycles. The third kappa shape index (κ3) is 7.47. The molecule has 0 radical (unpaired) electrons. The smallest absolute Gasteiger partial charge is 0.0645 e. The Hall–Kier alpha value is -8.26. The first-order valence-electron chi connectivity index (χ1n) is 25.0. The lowest BCUT2D eigenvalue weighted by molar-refractivity contribution is 1.28. The van der Waals surface area contributed by atoms with Crippen LogP contribution in [0.3, 0.4) is 0 Å². The number of benzene rings is 11. The number of fused-ring (bicyclic) bond motifs is 2. The summed E-state index contributed by atoms with van der Waals surface area (Å²) < 4.78 is 77.6. The van der Waals surface area contributed by atoms with Crippen molar-refractivity contribution in [3.8, 4) is 66.8 Å². The van der Waals surface area contributed by atoms with E-state index in [0.717, 1.165) is 66.1 Å². The first-order chi connectivity index (χ1) is 34.6. The number of anilines is 3. The first kappa shape index (κ1) is 29.9. The van der Waals surface area contributed by atoms with Crippen LogP contribution in [0.2, 0.25) is 0 Å². The summed E-state index contributed by atoms with van der Waals surface area (Å²) in [5.74, 6) is 0. The van der Waals surface area contributed by atoms with E-state index in [2.05, 4.69) is 42.5 Å². The number of hydrogen-bond acceptors (Lipinski definition) is 1. The third-order valence-electron chi connectivity index (χ3n) is 11.7. The third-order valence-corrected chi connectivity index (χ3v) is 11.7. The van der Waals surface area contributed by atoms with Gasteiger partial charge in [-0.2, -0.15) is 0 Å². The maximum atomic E-state index is 9.82. The Balaban J connectivity index is 1.08. The van der Waals surface area contributed by atoms with Crippen molar-refractivity contribution in [2.45, 2.75) is 0 Å². The highest BCUT2D eigenvalue weighted by atomic mass is 15.1. The second-order valence-corrected chi connectivity index (χ2v) is 15.5. The number of nitrogens with zero attached hydrogens (tertiary/aromatic N) is 1. The fourth-order valence-electron chi connectivity index (χ4n) is 8.46. The van der Waals surface area contributed by atoms with Crippen molar-refractivity contribution in [1.29, 1.82) is 0 Å². The van der Waals surface area contributed by atoms with E-state index in [1.54, 1.807) is 12.1 Å². The van der Waals surface area contributed by atoms with Gasteiger partial charge in [-0.15, -0.1) is 0 Å². The van der Waals surface area contributed by atoms with Crippen molar-refractivity contribution in [2.24, 2.45) is 0 Å². The summed E-state index contributed by atoms with van der Waals surface area (Å²) in [6.07, 6.45) is 0. The van der Waals surface area contributed by atoms with Crippen molar-refractivity contribution in [2.75, 3.05) is 4.90 Å². The minimum Gasteiger partial charge on any atom is -0.311 e. The summed E-state index contributed by atoms with van der Waals surface area (Å²) in [4.78, 5) is 1.36. The van der Waals surface area contributed by atoms with Gasteiger partial charge in [0.05, 0.1) is 11.0 Å². The van der Waals surface area contributed by atoms with Crippen LogP contribution < -0.4 is 4.90 Å². The van der Waals surface area contributed by atoms with E-state index >= 15 is 0 Å². The quantitative estimate of drug-likeness (QED) is 0.140. The molecule has 0 saturated heterocycles. The molecule has 0 aliphatic carbocycles. The van der Waals surface area contributed by atoms with E-state index in [1.807, 2.05) is 158 Å². The van der Waals surface area contributed by atoms with Crippen LogP contribution in [-0.4, -0.2) is 0 Å². The fourth-order valence-corrected chi connectivity index (χ4v) is 8.46. The van der Waals surface area contributed by atoms with Gasteiger partial charge in [-0.1, -0.05) is 224 Å². The summed E-state index contributed by atoms with van der Waals surface area (Å²) in [7, 11) is 0.